The first kappa shape index (κ1) is 32.1. The molecule has 10 heteroatoms. The van der Waals surface area contributed by atoms with Crippen LogP contribution < -0.4 is 5.14 Å². The van der Waals surface area contributed by atoms with Crippen molar-refractivity contribution in [1.82, 2.24) is 9.80 Å². The van der Waals surface area contributed by atoms with E-state index in [4.69, 9.17) is 5.14 Å². The SMILES string of the molecule is CCN(Cc1ccccc1)C(=O)c1ccccc1-c1ccccc1C(=O)N(CCC(=O)O)CCc1ccc(S(N)(=O)=O)cc1. The molecule has 0 saturated carbocycles. The molecule has 3 N–H and O–H groups in total. The fourth-order valence-electron chi connectivity index (χ4n) is 4.94. The molecule has 0 radical (unpaired) electrons. The zero-order chi connectivity index (χ0) is 31.7. The number of nitrogens with zero attached hydrogens (tertiary/aromatic N) is 2. The van der Waals surface area contributed by atoms with Crippen LogP contribution in [0.3, 0.4) is 0 Å². The Bertz CT molecular complexity index is 1720. The second-order valence-electron chi connectivity index (χ2n) is 10.3. The second kappa shape index (κ2) is 14.6. The van der Waals surface area contributed by atoms with Crippen LogP contribution in [0.4, 0.5) is 0 Å². The van der Waals surface area contributed by atoms with Gasteiger partial charge in [-0.3, -0.25) is 14.4 Å². The fourth-order valence-corrected chi connectivity index (χ4v) is 5.45. The Morgan fingerprint density at radius 2 is 1.20 bits per heavy atom. The maximum Gasteiger partial charge on any atom is 0.305 e. The van der Waals surface area contributed by atoms with Gasteiger partial charge in [0, 0.05) is 37.3 Å². The Morgan fingerprint density at radius 1 is 0.682 bits per heavy atom. The van der Waals surface area contributed by atoms with Gasteiger partial charge >= 0.3 is 5.97 Å². The van der Waals surface area contributed by atoms with Gasteiger partial charge in [0.15, 0.2) is 0 Å². The topological polar surface area (TPSA) is 138 Å². The van der Waals surface area contributed by atoms with E-state index in [0.29, 0.717) is 41.8 Å². The predicted octanol–water partition coefficient (Wildman–Crippen LogP) is 4.82. The minimum absolute atomic E-state index is 0.0207. The molecule has 0 unspecified atom stereocenters. The van der Waals surface area contributed by atoms with Gasteiger partial charge in [-0.2, -0.15) is 0 Å². The predicted molar refractivity (Wildman–Crippen MR) is 168 cm³/mol. The third-order valence-corrected chi connectivity index (χ3v) is 8.22. The molecule has 0 aliphatic rings. The van der Waals surface area contributed by atoms with Crippen LogP contribution in [0.15, 0.2) is 108 Å². The molecule has 0 heterocycles. The average Bonchev–Trinajstić information content (AvgIpc) is 3.03. The van der Waals surface area contributed by atoms with Crippen LogP contribution >= 0.6 is 0 Å². The lowest BCUT2D eigenvalue weighted by atomic mass is 9.93. The molecule has 4 aromatic carbocycles. The zero-order valence-electron chi connectivity index (χ0n) is 24.4. The van der Waals surface area contributed by atoms with E-state index >= 15 is 0 Å². The average molecular weight is 614 g/mol. The van der Waals surface area contributed by atoms with Crippen molar-refractivity contribution in [1.29, 1.82) is 0 Å². The van der Waals surface area contributed by atoms with E-state index in [9.17, 15) is 27.9 Å². The maximum absolute atomic E-state index is 14.0. The number of hydrogen-bond acceptors (Lipinski definition) is 5. The Labute approximate surface area is 257 Å². The lowest BCUT2D eigenvalue weighted by molar-refractivity contribution is -0.137. The fraction of sp³-hybridized carbons (Fsp3) is 0.206. The molecule has 0 aliphatic heterocycles. The standard InChI is InChI=1S/C34H35N3O6S/c1-2-36(24-26-10-4-3-5-11-26)33(40)30-14-8-6-12-28(30)29-13-7-9-15-31(29)34(41)37(23-21-32(38)39)22-20-25-16-18-27(19-17-25)44(35,42)43/h3-19H,2,20-24H2,1H3,(H,38,39)(H2,35,42,43). The molecule has 0 fully saturated rings. The molecule has 0 atom stereocenters. The number of carbonyl (C=O) groups excluding carboxylic acids is 2. The highest BCUT2D eigenvalue weighted by Crippen LogP contribution is 2.29. The van der Waals surface area contributed by atoms with Crippen molar-refractivity contribution >= 4 is 27.8 Å². The molecule has 0 aromatic heterocycles. The first-order chi connectivity index (χ1) is 21.1. The van der Waals surface area contributed by atoms with Gasteiger partial charge < -0.3 is 14.9 Å². The molecule has 228 valence electrons. The van der Waals surface area contributed by atoms with Crippen molar-refractivity contribution in [3.05, 3.63) is 125 Å². The molecule has 4 rings (SSSR count). The van der Waals surface area contributed by atoms with Gasteiger partial charge in [-0.25, -0.2) is 13.6 Å². The molecule has 0 saturated heterocycles. The third kappa shape index (κ3) is 8.18. The maximum atomic E-state index is 14.0. The zero-order valence-corrected chi connectivity index (χ0v) is 25.2. The minimum atomic E-state index is -3.84. The number of hydrogen-bond donors (Lipinski definition) is 2. The van der Waals surface area contributed by atoms with Crippen LogP contribution in [0, 0.1) is 0 Å². The Morgan fingerprint density at radius 3 is 1.73 bits per heavy atom. The van der Waals surface area contributed by atoms with Gasteiger partial charge in [-0.1, -0.05) is 78.9 Å². The third-order valence-electron chi connectivity index (χ3n) is 7.30. The number of carboxylic acid groups (broad SMARTS) is 1. The Balaban J connectivity index is 1.64. The lowest BCUT2D eigenvalue weighted by Crippen LogP contribution is -2.35. The Kier molecular flexibility index (Phi) is 10.6. The van der Waals surface area contributed by atoms with Gasteiger partial charge in [0.1, 0.15) is 0 Å². The largest absolute Gasteiger partial charge is 0.481 e. The van der Waals surface area contributed by atoms with E-state index in [1.165, 1.54) is 17.0 Å². The number of aliphatic carboxylic acids is 1. The molecule has 4 aromatic rings. The summed E-state index contributed by atoms with van der Waals surface area (Å²) in [5, 5.41) is 14.6. The summed E-state index contributed by atoms with van der Waals surface area (Å²) >= 11 is 0. The molecule has 9 nitrogen and oxygen atoms in total. The summed E-state index contributed by atoms with van der Waals surface area (Å²) in [6.07, 6.45) is 0.108. The molecule has 2 amide bonds. The number of carbonyl (C=O) groups is 3. The van der Waals surface area contributed by atoms with E-state index in [0.717, 1.165) is 11.1 Å². The van der Waals surface area contributed by atoms with Crippen LogP contribution in [0.25, 0.3) is 11.1 Å². The number of rotatable bonds is 13. The summed E-state index contributed by atoms with van der Waals surface area (Å²) in [4.78, 5) is 42.5. The summed E-state index contributed by atoms with van der Waals surface area (Å²) in [6.45, 7) is 3.01. The molecule has 0 bridgehead atoms. The monoisotopic (exact) mass is 613 g/mol. The van der Waals surface area contributed by atoms with Crippen molar-refractivity contribution in [3.63, 3.8) is 0 Å². The van der Waals surface area contributed by atoms with Gasteiger partial charge in [-0.15, -0.1) is 0 Å². The normalized spacial score (nSPS) is 11.1. The number of primary sulfonamides is 1. The first-order valence-electron chi connectivity index (χ1n) is 14.2. The first-order valence-corrected chi connectivity index (χ1v) is 15.8. The summed E-state index contributed by atoms with van der Waals surface area (Å²) in [5.74, 6) is -1.58. The number of amides is 2. The van der Waals surface area contributed by atoms with Crippen molar-refractivity contribution in [3.8, 4) is 11.1 Å². The van der Waals surface area contributed by atoms with E-state index in [2.05, 4.69) is 0 Å². The summed E-state index contributed by atoms with van der Waals surface area (Å²) < 4.78 is 23.2. The van der Waals surface area contributed by atoms with Gasteiger partial charge in [-0.05, 0) is 59.9 Å². The highest BCUT2D eigenvalue weighted by atomic mass is 32.2. The molecule has 0 spiro atoms. The van der Waals surface area contributed by atoms with Gasteiger partial charge in [0.25, 0.3) is 11.8 Å². The molecular formula is C34H35N3O6S. The molecular weight excluding hydrogens is 578 g/mol. The Hall–Kier alpha value is -4.80. The van der Waals surface area contributed by atoms with Crippen molar-refractivity contribution in [2.45, 2.75) is 31.2 Å². The highest BCUT2D eigenvalue weighted by Gasteiger charge is 2.24. The number of sulfonamides is 1. The van der Waals surface area contributed by atoms with Crippen molar-refractivity contribution in [2.24, 2.45) is 5.14 Å². The van der Waals surface area contributed by atoms with Crippen LogP contribution in [0.5, 0.6) is 0 Å². The van der Waals surface area contributed by atoms with Crippen molar-refractivity contribution < 1.29 is 27.9 Å². The quantitative estimate of drug-likeness (QED) is 0.222. The smallest absolute Gasteiger partial charge is 0.305 e. The van der Waals surface area contributed by atoms with Crippen LogP contribution in [-0.4, -0.2) is 60.7 Å². The number of carboxylic acids is 1. The highest BCUT2D eigenvalue weighted by molar-refractivity contribution is 7.89. The summed E-state index contributed by atoms with van der Waals surface area (Å²) in [5.41, 5.74) is 3.73. The van der Waals surface area contributed by atoms with Crippen LogP contribution in [0.2, 0.25) is 0 Å². The summed E-state index contributed by atoms with van der Waals surface area (Å²) in [6, 6.07) is 29.9. The minimum Gasteiger partial charge on any atom is -0.481 e. The van der Waals surface area contributed by atoms with Crippen LogP contribution in [0.1, 0.15) is 45.2 Å². The van der Waals surface area contributed by atoms with Gasteiger partial charge in [0.05, 0.1) is 11.3 Å². The molecule has 0 aliphatic carbocycles. The second-order valence-corrected chi connectivity index (χ2v) is 11.8. The lowest BCUT2D eigenvalue weighted by Gasteiger charge is -2.25. The van der Waals surface area contributed by atoms with E-state index in [-0.39, 0.29) is 36.2 Å². The number of benzene rings is 4. The van der Waals surface area contributed by atoms with E-state index in [1.807, 2.05) is 49.4 Å². The summed E-state index contributed by atoms with van der Waals surface area (Å²) in [7, 11) is -3.84. The van der Waals surface area contributed by atoms with E-state index < -0.39 is 16.0 Å². The van der Waals surface area contributed by atoms with E-state index in [1.54, 1.807) is 53.4 Å². The van der Waals surface area contributed by atoms with Gasteiger partial charge in [0.2, 0.25) is 10.0 Å². The number of nitrogens with two attached hydrogens (primary N) is 1. The molecule has 44 heavy (non-hydrogen) atoms. The van der Waals surface area contributed by atoms with Crippen LogP contribution in [-0.2, 0) is 27.8 Å². The van der Waals surface area contributed by atoms with Crippen molar-refractivity contribution in [2.75, 3.05) is 19.6 Å².